The summed E-state index contributed by atoms with van der Waals surface area (Å²) >= 11 is 5.72. The van der Waals surface area contributed by atoms with E-state index in [1.807, 2.05) is 37.3 Å². The van der Waals surface area contributed by atoms with Gasteiger partial charge in [0.25, 0.3) is 0 Å². The summed E-state index contributed by atoms with van der Waals surface area (Å²) in [5.74, 6) is 0.892. The smallest absolute Gasteiger partial charge is 0.232 e. The van der Waals surface area contributed by atoms with Gasteiger partial charge in [-0.15, -0.1) is 11.6 Å². The van der Waals surface area contributed by atoms with Gasteiger partial charge < -0.3 is 9.64 Å². The summed E-state index contributed by atoms with van der Waals surface area (Å²) in [4.78, 5) is 2.19. The number of hydrogen-bond acceptors (Lipinski definition) is 5. The Morgan fingerprint density at radius 1 is 1.20 bits per heavy atom. The fourth-order valence-corrected chi connectivity index (χ4v) is 5.12. The minimum Gasteiger partial charge on any atom is -0.492 e. The summed E-state index contributed by atoms with van der Waals surface area (Å²) in [5.41, 5.74) is 3.43. The summed E-state index contributed by atoms with van der Waals surface area (Å²) in [6.07, 6.45) is 0.555. The molecular weight excluding hydrogens is 422 g/mol. The summed E-state index contributed by atoms with van der Waals surface area (Å²) in [5, 5.41) is 9.92. The lowest BCUT2D eigenvalue weighted by molar-refractivity contribution is 0.343. The van der Waals surface area contributed by atoms with E-state index in [1.54, 1.807) is 12.1 Å². The molecule has 160 valence electrons. The number of nitriles is 1. The average molecular weight is 448 g/mol. The molecule has 1 heterocycles. The molecule has 3 rings (SSSR count). The third kappa shape index (κ3) is 4.66. The van der Waals surface area contributed by atoms with Crippen molar-refractivity contribution in [1.29, 1.82) is 5.26 Å². The summed E-state index contributed by atoms with van der Waals surface area (Å²) in [6, 6.07) is 15.4. The molecule has 2 aromatic rings. The number of fused-ring (bicyclic) bond motifs is 1. The van der Waals surface area contributed by atoms with Crippen molar-refractivity contribution in [3.8, 4) is 11.8 Å². The minimum atomic E-state index is -3.34. The number of hydrogen-bond donors (Lipinski definition) is 1. The number of benzene rings is 2. The van der Waals surface area contributed by atoms with Crippen molar-refractivity contribution in [3.63, 3.8) is 0 Å². The first-order valence-electron chi connectivity index (χ1n) is 10.0. The van der Waals surface area contributed by atoms with Gasteiger partial charge in [0.1, 0.15) is 12.4 Å². The van der Waals surface area contributed by atoms with Crippen molar-refractivity contribution >= 4 is 33.0 Å². The number of halogens is 1. The molecule has 0 aliphatic carbocycles. The Morgan fingerprint density at radius 2 is 1.93 bits per heavy atom. The van der Waals surface area contributed by atoms with Crippen LogP contribution < -0.4 is 14.4 Å². The number of nitrogens with zero attached hydrogens (tertiary/aromatic N) is 2. The number of nitrogens with one attached hydrogen (secondary N) is 1. The van der Waals surface area contributed by atoms with Crippen LogP contribution in [-0.4, -0.2) is 33.2 Å². The summed E-state index contributed by atoms with van der Waals surface area (Å²) in [7, 11) is -3.34. The van der Waals surface area contributed by atoms with E-state index in [9.17, 15) is 13.7 Å². The van der Waals surface area contributed by atoms with Crippen LogP contribution in [-0.2, 0) is 10.0 Å². The molecule has 0 spiro atoms. The van der Waals surface area contributed by atoms with E-state index < -0.39 is 10.0 Å². The zero-order valence-electron chi connectivity index (χ0n) is 17.1. The van der Waals surface area contributed by atoms with Crippen LogP contribution in [0.1, 0.15) is 43.4 Å². The molecule has 1 aliphatic heterocycles. The van der Waals surface area contributed by atoms with Gasteiger partial charge >= 0.3 is 0 Å². The van der Waals surface area contributed by atoms with E-state index in [0.29, 0.717) is 24.6 Å². The number of likely N-dealkylation sites (N-methyl/N-ethyl adjacent to an activating group) is 1. The van der Waals surface area contributed by atoms with E-state index in [1.165, 1.54) is 0 Å². The van der Waals surface area contributed by atoms with Crippen LogP contribution in [0.4, 0.5) is 11.4 Å². The third-order valence-corrected chi connectivity index (χ3v) is 6.77. The van der Waals surface area contributed by atoms with Crippen molar-refractivity contribution < 1.29 is 13.2 Å². The monoisotopic (exact) mass is 447 g/mol. The lowest BCUT2D eigenvalue weighted by atomic mass is 9.91. The van der Waals surface area contributed by atoms with Crippen molar-refractivity contribution in [2.24, 2.45) is 0 Å². The predicted octanol–water partition coefficient (Wildman–Crippen LogP) is 4.64. The molecule has 8 heteroatoms. The highest BCUT2D eigenvalue weighted by Crippen LogP contribution is 2.49. The molecule has 0 radical (unpaired) electrons. The van der Waals surface area contributed by atoms with Crippen LogP contribution in [0.25, 0.3) is 0 Å². The van der Waals surface area contributed by atoms with Crippen LogP contribution in [0.15, 0.2) is 42.5 Å². The minimum absolute atomic E-state index is 0.0843. The molecule has 0 aromatic heterocycles. The van der Waals surface area contributed by atoms with E-state index in [-0.39, 0.29) is 17.7 Å². The molecule has 2 unspecified atom stereocenters. The number of rotatable bonds is 9. The average Bonchev–Trinajstić information content (AvgIpc) is 3.05. The van der Waals surface area contributed by atoms with Gasteiger partial charge in [0, 0.05) is 24.0 Å². The van der Waals surface area contributed by atoms with Crippen molar-refractivity contribution in [2.45, 2.75) is 32.2 Å². The lowest BCUT2D eigenvalue weighted by Crippen LogP contribution is -2.26. The molecule has 0 saturated heterocycles. The van der Waals surface area contributed by atoms with Gasteiger partial charge in [-0.3, -0.25) is 4.72 Å². The number of ether oxygens (including phenoxy) is 1. The fourth-order valence-electron chi connectivity index (χ4n) is 3.91. The Labute approximate surface area is 183 Å². The molecule has 0 amide bonds. The first kappa shape index (κ1) is 22.3. The molecule has 2 atom stereocenters. The van der Waals surface area contributed by atoms with E-state index in [0.717, 1.165) is 29.1 Å². The van der Waals surface area contributed by atoms with Crippen LogP contribution in [0.5, 0.6) is 5.75 Å². The molecule has 1 N–H and O–H groups in total. The molecule has 0 saturated carbocycles. The molecule has 0 fully saturated rings. The fraction of sp³-hybridized carbons (Fsp3) is 0.409. The standard InChI is InChI=1S/C22H26ClN3O3S/c1-3-13-30(27,28)25-17-7-5-16(6-8-17)22-20(15-24)19-10-9-18(29-12-11-23)14-21(19)26(22)4-2/h5-10,14,20,22,25H,3-4,11-13H2,1-2H3. The summed E-state index contributed by atoms with van der Waals surface area (Å²) < 4.78 is 32.3. The normalized spacial score (nSPS) is 18.0. The number of anilines is 2. The SMILES string of the molecule is CCCS(=O)(=O)Nc1ccc(C2C(C#N)c3ccc(OCCCl)cc3N2CC)cc1. The van der Waals surface area contributed by atoms with Crippen LogP contribution >= 0.6 is 11.6 Å². The topological polar surface area (TPSA) is 82.4 Å². The van der Waals surface area contributed by atoms with Crippen molar-refractivity contribution in [1.82, 2.24) is 0 Å². The maximum absolute atomic E-state index is 12.0. The highest BCUT2D eigenvalue weighted by Gasteiger charge is 2.39. The number of alkyl halides is 1. The van der Waals surface area contributed by atoms with E-state index in [4.69, 9.17) is 16.3 Å². The Bertz CT molecular complexity index is 1020. The Morgan fingerprint density at radius 3 is 2.53 bits per heavy atom. The number of sulfonamides is 1. The van der Waals surface area contributed by atoms with Gasteiger partial charge in [0.15, 0.2) is 0 Å². The molecule has 2 aromatic carbocycles. The zero-order valence-corrected chi connectivity index (χ0v) is 18.7. The third-order valence-electron chi connectivity index (χ3n) is 5.12. The van der Waals surface area contributed by atoms with E-state index >= 15 is 0 Å². The largest absolute Gasteiger partial charge is 0.492 e. The Balaban J connectivity index is 1.90. The first-order valence-corrected chi connectivity index (χ1v) is 12.2. The molecule has 1 aliphatic rings. The van der Waals surface area contributed by atoms with Crippen LogP contribution in [0, 0.1) is 11.3 Å². The van der Waals surface area contributed by atoms with Gasteiger partial charge in [0.2, 0.25) is 10.0 Å². The zero-order chi connectivity index (χ0) is 21.7. The van der Waals surface area contributed by atoms with E-state index in [2.05, 4.69) is 22.6 Å². The van der Waals surface area contributed by atoms with Gasteiger partial charge in [-0.05, 0) is 42.7 Å². The van der Waals surface area contributed by atoms with Crippen LogP contribution in [0.3, 0.4) is 0 Å². The summed E-state index contributed by atoms with van der Waals surface area (Å²) in [6.45, 7) is 5.02. The molecule has 30 heavy (non-hydrogen) atoms. The highest BCUT2D eigenvalue weighted by atomic mass is 35.5. The van der Waals surface area contributed by atoms with Gasteiger partial charge in [0.05, 0.1) is 29.7 Å². The maximum atomic E-state index is 12.0. The Kier molecular flexibility index (Phi) is 7.11. The highest BCUT2D eigenvalue weighted by molar-refractivity contribution is 7.92. The second-order valence-electron chi connectivity index (χ2n) is 7.14. The van der Waals surface area contributed by atoms with Crippen LogP contribution in [0.2, 0.25) is 0 Å². The Hall–Kier alpha value is -2.43. The molecular formula is C22H26ClN3O3S. The lowest BCUT2D eigenvalue weighted by Gasteiger charge is -2.28. The predicted molar refractivity (Wildman–Crippen MR) is 121 cm³/mol. The quantitative estimate of drug-likeness (QED) is 0.566. The van der Waals surface area contributed by atoms with Crippen molar-refractivity contribution in [2.75, 3.05) is 34.4 Å². The molecule has 6 nitrogen and oxygen atoms in total. The van der Waals surface area contributed by atoms with Gasteiger partial charge in [-0.2, -0.15) is 5.26 Å². The second-order valence-corrected chi connectivity index (χ2v) is 9.36. The molecule has 0 bridgehead atoms. The first-order chi connectivity index (χ1) is 14.4. The van der Waals surface area contributed by atoms with Crippen molar-refractivity contribution in [3.05, 3.63) is 53.6 Å². The van der Waals surface area contributed by atoms with Gasteiger partial charge in [-0.25, -0.2) is 8.42 Å². The van der Waals surface area contributed by atoms with Gasteiger partial charge in [-0.1, -0.05) is 25.1 Å². The maximum Gasteiger partial charge on any atom is 0.232 e. The second kappa shape index (κ2) is 9.59.